The highest BCUT2D eigenvalue weighted by Gasteiger charge is 2.22. The summed E-state index contributed by atoms with van der Waals surface area (Å²) >= 11 is 0. The van der Waals surface area contributed by atoms with Crippen molar-refractivity contribution in [3.8, 4) is 0 Å². The molecule has 0 aromatic rings. The molecule has 0 heterocycles. The lowest BCUT2D eigenvalue weighted by Gasteiger charge is -2.21. The average Bonchev–Trinajstić information content (AvgIpc) is 3.26. The minimum atomic E-state index is -1.11. The van der Waals surface area contributed by atoms with Crippen LogP contribution in [0.2, 0.25) is 0 Å². The van der Waals surface area contributed by atoms with Gasteiger partial charge in [-0.25, -0.2) is 0 Å². The van der Waals surface area contributed by atoms with E-state index >= 15 is 0 Å². The monoisotopic (exact) mass is 858 g/mol. The smallest absolute Gasteiger partial charge is 0.249 e. The number of carbonyl (C=O) groups excluding carboxylic acids is 1. The summed E-state index contributed by atoms with van der Waals surface area (Å²) in [5, 5.41) is 33.3. The Balaban J connectivity index is 3.59. The first-order valence-electron chi connectivity index (χ1n) is 27.3. The molecule has 0 saturated heterocycles. The fourth-order valence-electron chi connectivity index (χ4n) is 8.46. The highest BCUT2D eigenvalue weighted by molar-refractivity contribution is 5.80. The predicted molar refractivity (Wildman–Crippen MR) is 268 cm³/mol. The van der Waals surface area contributed by atoms with Crippen LogP contribution in [-0.4, -0.2) is 46.1 Å². The third-order valence-electron chi connectivity index (χ3n) is 12.7. The summed E-state index contributed by atoms with van der Waals surface area (Å²) in [6, 6.07) is -0.819. The van der Waals surface area contributed by atoms with Crippen LogP contribution in [0, 0.1) is 0 Å². The van der Waals surface area contributed by atoms with Crippen molar-refractivity contribution in [1.82, 2.24) is 5.32 Å². The Hall–Kier alpha value is -1.43. The molecule has 0 rings (SSSR count). The molecule has 0 aliphatic heterocycles. The fourth-order valence-corrected chi connectivity index (χ4v) is 8.46. The Kier molecular flexibility index (Phi) is 50.0. The second kappa shape index (κ2) is 51.2. The molecule has 4 N–H and O–H groups in total. The van der Waals surface area contributed by atoms with Crippen molar-refractivity contribution in [2.24, 2.45) is 0 Å². The molecule has 61 heavy (non-hydrogen) atoms. The minimum absolute atomic E-state index is 0.379. The Morgan fingerprint density at radius 3 is 1.00 bits per heavy atom. The zero-order valence-corrected chi connectivity index (χ0v) is 41.1. The molecule has 1 amide bonds. The number of aliphatic hydroxyl groups is 3. The maximum absolute atomic E-state index is 12.5. The van der Waals surface area contributed by atoms with Gasteiger partial charge in [-0.15, -0.1) is 0 Å². The number of unbranched alkanes of at least 4 members (excludes halogenated alkanes) is 38. The predicted octanol–water partition coefficient (Wildman–Crippen LogP) is 16.7. The van der Waals surface area contributed by atoms with Crippen LogP contribution >= 0.6 is 0 Å². The molecule has 5 nitrogen and oxygen atoms in total. The van der Waals surface area contributed by atoms with Gasteiger partial charge in [-0.05, 0) is 44.9 Å². The van der Waals surface area contributed by atoms with Gasteiger partial charge in [-0.2, -0.15) is 0 Å². The largest absolute Gasteiger partial charge is 0.394 e. The Bertz CT molecular complexity index is 947. The van der Waals surface area contributed by atoms with E-state index < -0.39 is 24.2 Å². The first-order valence-corrected chi connectivity index (χ1v) is 27.3. The van der Waals surface area contributed by atoms with E-state index in [1.165, 1.54) is 225 Å². The van der Waals surface area contributed by atoms with Crippen molar-refractivity contribution in [3.63, 3.8) is 0 Å². The molecular weight excluding hydrogens is 751 g/mol. The van der Waals surface area contributed by atoms with Crippen LogP contribution in [0.25, 0.3) is 0 Å². The van der Waals surface area contributed by atoms with Gasteiger partial charge < -0.3 is 20.6 Å². The topological polar surface area (TPSA) is 89.8 Å². The minimum Gasteiger partial charge on any atom is -0.394 e. The van der Waals surface area contributed by atoms with Crippen molar-refractivity contribution in [1.29, 1.82) is 0 Å². The summed E-state index contributed by atoms with van der Waals surface area (Å²) in [6.45, 7) is 4.19. The van der Waals surface area contributed by atoms with E-state index in [9.17, 15) is 20.1 Å². The molecule has 0 aromatic carbocycles. The lowest BCUT2D eigenvalue weighted by molar-refractivity contribution is -0.131. The lowest BCUT2D eigenvalue weighted by Crippen LogP contribution is -2.48. The molecule has 0 aromatic heterocycles. The number of allylic oxidation sites excluding steroid dienone is 5. The van der Waals surface area contributed by atoms with Crippen LogP contribution < -0.4 is 5.32 Å². The van der Waals surface area contributed by atoms with Crippen LogP contribution in [-0.2, 0) is 4.79 Å². The molecule has 5 heteroatoms. The van der Waals surface area contributed by atoms with E-state index in [1.807, 2.05) is 6.08 Å². The van der Waals surface area contributed by atoms with Gasteiger partial charge in [-0.3, -0.25) is 4.79 Å². The molecule has 0 radical (unpaired) electrons. The molecule has 3 unspecified atom stereocenters. The van der Waals surface area contributed by atoms with Gasteiger partial charge in [0.25, 0.3) is 0 Å². The standard InChI is InChI=1S/C56H107NO4/c1-3-5-7-9-11-13-15-17-19-21-23-24-25-26-27-28-29-30-31-33-35-37-39-41-43-45-47-49-51-55(60)56(61)57-53(52-58)54(59)50-48-46-44-42-40-38-36-34-32-22-20-18-16-14-12-10-8-6-4-2/h32,34,40,42,48,50,53-55,58-60H,3-31,33,35-39,41,43-47,49,51-52H2,1-2H3,(H,57,61)/b34-32+,42-40+,50-48+. The maximum atomic E-state index is 12.5. The third-order valence-corrected chi connectivity index (χ3v) is 12.7. The molecule has 0 aliphatic rings. The van der Waals surface area contributed by atoms with Crippen LogP contribution in [0.1, 0.15) is 290 Å². The maximum Gasteiger partial charge on any atom is 0.249 e. The van der Waals surface area contributed by atoms with E-state index in [-0.39, 0.29) is 6.61 Å². The summed E-state index contributed by atoms with van der Waals surface area (Å²) in [6.07, 6.45) is 66.5. The zero-order chi connectivity index (χ0) is 44.4. The molecule has 0 spiro atoms. The second-order valence-electron chi connectivity index (χ2n) is 18.8. The van der Waals surface area contributed by atoms with Gasteiger partial charge in [0.1, 0.15) is 6.10 Å². The van der Waals surface area contributed by atoms with Gasteiger partial charge in [0.05, 0.1) is 18.8 Å². The first-order chi connectivity index (χ1) is 30.1. The normalized spacial score (nSPS) is 13.6. The lowest BCUT2D eigenvalue weighted by atomic mass is 10.0. The zero-order valence-electron chi connectivity index (χ0n) is 41.1. The van der Waals surface area contributed by atoms with Gasteiger partial charge in [-0.1, -0.05) is 281 Å². The molecule has 3 atom stereocenters. The van der Waals surface area contributed by atoms with Gasteiger partial charge in [0.2, 0.25) is 5.91 Å². The Morgan fingerprint density at radius 2 is 0.672 bits per heavy atom. The van der Waals surface area contributed by atoms with Crippen LogP contribution in [0.15, 0.2) is 36.5 Å². The summed E-state index contributed by atoms with van der Waals surface area (Å²) < 4.78 is 0. The number of aliphatic hydroxyl groups excluding tert-OH is 3. The van der Waals surface area contributed by atoms with E-state index in [1.54, 1.807) is 6.08 Å². The number of rotatable bonds is 50. The summed E-state index contributed by atoms with van der Waals surface area (Å²) in [4.78, 5) is 12.5. The number of hydrogen-bond donors (Lipinski definition) is 4. The quantitative estimate of drug-likeness (QED) is 0.0362. The van der Waals surface area contributed by atoms with Crippen LogP contribution in [0.4, 0.5) is 0 Å². The van der Waals surface area contributed by atoms with Crippen molar-refractivity contribution in [2.45, 2.75) is 308 Å². The fraction of sp³-hybridized carbons (Fsp3) is 0.875. The first kappa shape index (κ1) is 59.6. The SMILES string of the molecule is CCCCCCCCCCC/C=C/CC/C=C/CC/C=C/C(O)C(CO)NC(=O)C(O)CCCCCCCCCCCCCCCCCCCCCCCCCCCCCC. The molecule has 0 fully saturated rings. The number of amides is 1. The van der Waals surface area contributed by atoms with Crippen molar-refractivity contribution >= 4 is 5.91 Å². The van der Waals surface area contributed by atoms with Crippen molar-refractivity contribution in [2.75, 3.05) is 6.61 Å². The van der Waals surface area contributed by atoms with E-state index in [0.29, 0.717) is 6.42 Å². The highest BCUT2D eigenvalue weighted by Crippen LogP contribution is 2.17. The number of nitrogens with one attached hydrogen (secondary N) is 1. The van der Waals surface area contributed by atoms with Gasteiger partial charge in [0, 0.05) is 0 Å². The van der Waals surface area contributed by atoms with E-state index in [0.717, 1.165) is 44.9 Å². The van der Waals surface area contributed by atoms with E-state index in [2.05, 4.69) is 43.5 Å². The second-order valence-corrected chi connectivity index (χ2v) is 18.8. The number of hydrogen-bond acceptors (Lipinski definition) is 4. The molecular formula is C56H107NO4. The van der Waals surface area contributed by atoms with Crippen LogP contribution in [0.5, 0.6) is 0 Å². The third kappa shape index (κ3) is 46.4. The molecule has 0 bridgehead atoms. The molecule has 0 aliphatic carbocycles. The van der Waals surface area contributed by atoms with Crippen molar-refractivity contribution < 1.29 is 20.1 Å². The Labute approximate surface area is 381 Å². The summed E-state index contributed by atoms with van der Waals surface area (Å²) in [5.41, 5.74) is 0. The molecule has 360 valence electrons. The molecule has 0 saturated carbocycles. The van der Waals surface area contributed by atoms with E-state index in [4.69, 9.17) is 0 Å². The summed E-state index contributed by atoms with van der Waals surface area (Å²) in [5.74, 6) is -0.512. The van der Waals surface area contributed by atoms with Crippen LogP contribution in [0.3, 0.4) is 0 Å². The number of carbonyl (C=O) groups is 1. The average molecular weight is 858 g/mol. The van der Waals surface area contributed by atoms with Gasteiger partial charge in [0.15, 0.2) is 0 Å². The highest BCUT2D eigenvalue weighted by atomic mass is 16.3. The summed E-state index contributed by atoms with van der Waals surface area (Å²) in [7, 11) is 0. The Morgan fingerprint density at radius 1 is 0.393 bits per heavy atom. The van der Waals surface area contributed by atoms with Gasteiger partial charge >= 0.3 is 0 Å². The van der Waals surface area contributed by atoms with Crippen molar-refractivity contribution in [3.05, 3.63) is 36.5 Å².